The van der Waals surface area contributed by atoms with Crippen LogP contribution in [0.1, 0.15) is 13.3 Å². The maximum Gasteiger partial charge on any atom is 0.329 e. The lowest BCUT2D eigenvalue weighted by Crippen LogP contribution is -2.29. The van der Waals surface area contributed by atoms with Crippen LogP contribution in [0.5, 0.6) is 0 Å². The van der Waals surface area contributed by atoms with Gasteiger partial charge in [0.05, 0.1) is 0 Å². The van der Waals surface area contributed by atoms with Crippen molar-refractivity contribution >= 4 is 27.1 Å². The molecule has 96 valence electrons. The molecule has 2 heterocycles. The summed E-state index contributed by atoms with van der Waals surface area (Å²) < 4.78 is 3.59. The summed E-state index contributed by atoms with van der Waals surface area (Å²) in [6.07, 6.45) is 0.742. The Morgan fingerprint density at radius 2 is 2.17 bits per heavy atom. The van der Waals surface area contributed by atoms with Gasteiger partial charge in [0.25, 0.3) is 5.56 Å². The minimum atomic E-state index is -0.468. The first-order chi connectivity index (χ1) is 8.41. The predicted molar refractivity (Wildman–Crippen MR) is 72.7 cm³/mol. The number of imidazole rings is 1. The maximum absolute atomic E-state index is 11.9. The van der Waals surface area contributed by atoms with Crippen LogP contribution in [-0.2, 0) is 13.6 Å². The van der Waals surface area contributed by atoms with Crippen molar-refractivity contribution in [2.45, 2.75) is 19.9 Å². The molecule has 0 radical (unpaired) electrons. The highest BCUT2D eigenvalue weighted by molar-refractivity contribution is 9.10. The van der Waals surface area contributed by atoms with Gasteiger partial charge in [-0.1, -0.05) is 5.57 Å². The number of nitrogens with zero attached hydrogens (tertiary/aromatic N) is 3. The minimum Gasteiger partial charge on any atom is -0.312 e. The van der Waals surface area contributed by atoms with Gasteiger partial charge in [0.2, 0.25) is 0 Å². The highest BCUT2D eigenvalue weighted by Crippen LogP contribution is 2.17. The number of hydrogen-bond acceptors (Lipinski definition) is 3. The van der Waals surface area contributed by atoms with E-state index in [1.807, 2.05) is 6.92 Å². The monoisotopic (exact) mass is 312 g/mol. The Bertz CT molecular complexity index is 738. The van der Waals surface area contributed by atoms with Gasteiger partial charge in [-0.3, -0.25) is 14.3 Å². The molecule has 6 nitrogen and oxygen atoms in total. The number of halogens is 1. The van der Waals surface area contributed by atoms with E-state index in [4.69, 9.17) is 0 Å². The number of aromatic nitrogens is 4. The van der Waals surface area contributed by atoms with Gasteiger partial charge in [0.1, 0.15) is 0 Å². The maximum atomic E-state index is 11.9. The van der Waals surface area contributed by atoms with Crippen LogP contribution in [0.15, 0.2) is 26.5 Å². The zero-order valence-corrected chi connectivity index (χ0v) is 11.7. The average molecular weight is 313 g/mol. The molecule has 0 saturated heterocycles. The summed E-state index contributed by atoms with van der Waals surface area (Å²) in [5.74, 6) is 0. The molecule has 0 unspecified atom stereocenters. The Morgan fingerprint density at radius 3 is 2.78 bits per heavy atom. The number of allylic oxidation sites excluding steroid dienone is 1. The van der Waals surface area contributed by atoms with Gasteiger partial charge in [-0.05, 0) is 29.3 Å². The molecule has 2 rings (SSSR count). The molecule has 0 saturated carbocycles. The number of fused-ring (bicyclic) bond motifs is 1. The normalized spacial score (nSPS) is 11.1. The third kappa shape index (κ3) is 2.05. The molecule has 0 atom stereocenters. The van der Waals surface area contributed by atoms with Gasteiger partial charge in [0, 0.05) is 13.6 Å². The molecule has 0 aromatic carbocycles. The zero-order valence-electron chi connectivity index (χ0n) is 10.2. The largest absolute Gasteiger partial charge is 0.329 e. The number of rotatable bonds is 3. The molecule has 0 spiro atoms. The third-order valence-electron chi connectivity index (χ3n) is 2.72. The van der Waals surface area contributed by atoms with E-state index < -0.39 is 11.2 Å². The third-order valence-corrected chi connectivity index (χ3v) is 3.33. The summed E-state index contributed by atoms with van der Waals surface area (Å²) >= 11 is 3.31. The van der Waals surface area contributed by atoms with Crippen LogP contribution >= 0.6 is 15.9 Å². The molecule has 7 heteroatoms. The molecule has 0 fully saturated rings. The molecule has 0 amide bonds. The molecule has 0 aliphatic heterocycles. The Kier molecular flexibility index (Phi) is 3.25. The summed E-state index contributed by atoms with van der Waals surface area (Å²) in [6.45, 7) is 6.34. The second kappa shape index (κ2) is 4.56. The average Bonchev–Trinajstić information content (AvgIpc) is 2.61. The number of hydrogen-bond donors (Lipinski definition) is 1. The van der Waals surface area contributed by atoms with Crippen molar-refractivity contribution in [1.82, 2.24) is 19.1 Å². The Hall–Kier alpha value is -1.63. The zero-order chi connectivity index (χ0) is 13.4. The first-order valence-electron chi connectivity index (χ1n) is 5.41. The Balaban J connectivity index is 2.71. The van der Waals surface area contributed by atoms with Crippen LogP contribution in [-0.4, -0.2) is 19.1 Å². The fourth-order valence-corrected chi connectivity index (χ4v) is 2.24. The minimum absolute atomic E-state index is 0.373. The molecular formula is C11H13BrN4O2. The summed E-state index contributed by atoms with van der Waals surface area (Å²) in [5, 5.41) is 0. The molecule has 2 aromatic heterocycles. The van der Waals surface area contributed by atoms with Gasteiger partial charge in [-0.2, -0.15) is 0 Å². The van der Waals surface area contributed by atoms with Gasteiger partial charge in [0.15, 0.2) is 15.9 Å². The summed E-state index contributed by atoms with van der Waals surface area (Å²) in [6, 6.07) is 0. The van der Waals surface area contributed by atoms with E-state index in [2.05, 4.69) is 32.5 Å². The second-order valence-electron chi connectivity index (χ2n) is 4.23. The highest BCUT2D eigenvalue weighted by atomic mass is 79.9. The van der Waals surface area contributed by atoms with E-state index in [1.165, 1.54) is 4.57 Å². The number of H-pyrrole nitrogens is 1. The van der Waals surface area contributed by atoms with Crippen LogP contribution in [0.25, 0.3) is 11.2 Å². The molecule has 18 heavy (non-hydrogen) atoms. The van der Waals surface area contributed by atoms with Crippen molar-refractivity contribution in [2.24, 2.45) is 7.05 Å². The number of nitrogens with one attached hydrogen (secondary N) is 1. The summed E-state index contributed by atoms with van der Waals surface area (Å²) in [7, 11) is 1.57. The van der Waals surface area contributed by atoms with E-state index in [9.17, 15) is 9.59 Å². The van der Waals surface area contributed by atoms with Gasteiger partial charge < -0.3 is 4.57 Å². The first kappa shape index (κ1) is 12.8. The fraction of sp³-hybridized carbons (Fsp3) is 0.364. The van der Waals surface area contributed by atoms with Crippen molar-refractivity contribution in [3.63, 3.8) is 0 Å². The van der Waals surface area contributed by atoms with E-state index in [0.717, 1.165) is 12.0 Å². The van der Waals surface area contributed by atoms with E-state index >= 15 is 0 Å². The van der Waals surface area contributed by atoms with Crippen LogP contribution in [0, 0.1) is 0 Å². The standard InChI is InChI=1S/C11H13BrN4O2/c1-6(2)4-5-16-7-8(13-10(16)12)15(3)11(18)14-9(7)17/h1,4-5H2,2-3H3,(H,14,17,18). The number of aryl methyl sites for hydroxylation is 2. The van der Waals surface area contributed by atoms with Crippen molar-refractivity contribution in [3.8, 4) is 0 Å². The van der Waals surface area contributed by atoms with Crippen LogP contribution in [0.2, 0.25) is 0 Å². The summed E-state index contributed by atoms with van der Waals surface area (Å²) in [5.41, 5.74) is 0.894. The molecule has 2 aromatic rings. The molecule has 0 bridgehead atoms. The number of aromatic amines is 1. The van der Waals surface area contributed by atoms with E-state index in [-0.39, 0.29) is 0 Å². The van der Waals surface area contributed by atoms with Crippen LogP contribution < -0.4 is 11.2 Å². The lowest BCUT2D eigenvalue weighted by atomic mass is 10.2. The highest BCUT2D eigenvalue weighted by Gasteiger charge is 2.15. The fourth-order valence-electron chi connectivity index (χ4n) is 1.71. The van der Waals surface area contributed by atoms with Crippen molar-refractivity contribution in [3.05, 3.63) is 37.7 Å². The predicted octanol–water partition coefficient (Wildman–Crippen LogP) is 1.15. The topological polar surface area (TPSA) is 72.7 Å². The van der Waals surface area contributed by atoms with E-state index in [0.29, 0.717) is 22.4 Å². The smallest absolute Gasteiger partial charge is 0.312 e. The molecular weight excluding hydrogens is 300 g/mol. The second-order valence-corrected chi connectivity index (χ2v) is 4.94. The Labute approximate surface area is 111 Å². The van der Waals surface area contributed by atoms with Crippen molar-refractivity contribution in [1.29, 1.82) is 0 Å². The van der Waals surface area contributed by atoms with Gasteiger partial charge in [-0.25, -0.2) is 9.78 Å². The Morgan fingerprint density at radius 1 is 1.50 bits per heavy atom. The molecule has 1 N–H and O–H groups in total. The molecule has 0 aliphatic rings. The quantitative estimate of drug-likeness (QED) is 0.682. The van der Waals surface area contributed by atoms with E-state index in [1.54, 1.807) is 11.6 Å². The van der Waals surface area contributed by atoms with Crippen molar-refractivity contribution < 1.29 is 0 Å². The lowest BCUT2D eigenvalue weighted by molar-refractivity contribution is 0.693. The van der Waals surface area contributed by atoms with Gasteiger partial charge in [-0.15, -0.1) is 6.58 Å². The van der Waals surface area contributed by atoms with Crippen LogP contribution in [0.3, 0.4) is 0 Å². The van der Waals surface area contributed by atoms with Gasteiger partial charge >= 0.3 is 5.69 Å². The molecule has 0 aliphatic carbocycles. The summed E-state index contributed by atoms with van der Waals surface area (Å²) in [4.78, 5) is 29.8. The van der Waals surface area contributed by atoms with Crippen molar-refractivity contribution in [2.75, 3.05) is 0 Å². The first-order valence-corrected chi connectivity index (χ1v) is 6.20. The SMILES string of the molecule is C=C(C)CCn1c(Br)nc2c1c(=O)[nH]c(=O)n2C. The van der Waals surface area contributed by atoms with Crippen LogP contribution in [0.4, 0.5) is 0 Å². The lowest BCUT2D eigenvalue weighted by Gasteiger charge is -2.05.